The van der Waals surface area contributed by atoms with Gasteiger partial charge in [-0.15, -0.1) is 0 Å². The summed E-state index contributed by atoms with van der Waals surface area (Å²) in [6.45, 7) is 6.80. The highest BCUT2D eigenvalue weighted by atomic mass is 16.5. The van der Waals surface area contributed by atoms with Crippen molar-refractivity contribution in [3.05, 3.63) is 64.7 Å². The van der Waals surface area contributed by atoms with Crippen LogP contribution < -0.4 is 10.5 Å². The van der Waals surface area contributed by atoms with Crippen molar-refractivity contribution >= 4 is 0 Å². The van der Waals surface area contributed by atoms with Gasteiger partial charge in [-0.3, -0.25) is 0 Å². The van der Waals surface area contributed by atoms with Gasteiger partial charge in [-0.05, 0) is 55.2 Å². The van der Waals surface area contributed by atoms with E-state index in [1.807, 2.05) is 31.2 Å². The van der Waals surface area contributed by atoms with Crippen LogP contribution >= 0.6 is 0 Å². The highest BCUT2D eigenvalue weighted by molar-refractivity contribution is 5.32. The molecule has 2 rings (SSSR count). The largest absolute Gasteiger partial charge is 0.489 e. The van der Waals surface area contributed by atoms with E-state index in [1.54, 1.807) is 0 Å². The van der Waals surface area contributed by atoms with Gasteiger partial charge in [0.25, 0.3) is 0 Å². The molecule has 2 N–H and O–H groups in total. The summed E-state index contributed by atoms with van der Waals surface area (Å²) in [4.78, 5) is 0. The summed E-state index contributed by atoms with van der Waals surface area (Å²) in [5.41, 5.74) is 10.8. The van der Waals surface area contributed by atoms with Crippen molar-refractivity contribution in [3.63, 3.8) is 0 Å². The van der Waals surface area contributed by atoms with E-state index >= 15 is 0 Å². The van der Waals surface area contributed by atoms with Crippen LogP contribution in [0.25, 0.3) is 0 Å². The van der Waals surface area contributed by atoms with Gasteiger partial charge in [0.15, 0.2) is 0 Å². The molecule has 2 nitrogen and oxygen atoms in total. The predicted octanol–water partition coefficient (Wildman–Crippen LogP) is 3.90. The number of nitrogens with two attached hydrogens (primary N) is 1. The number of hydrogen-bond acceptors (Lipinski definition) is 2. The Morgan fingerprint density at radius 2 is 1.84 bits per heavy atom. The van der Waals surface area contributed by atoms with Crippen LogP contribution in [0.4, 0.5) is 0 Å². The maximum atomic E-state index is 5.87. The monoisotopic (exact) mass is 255 g/mol. The van der Waals surface area contributed by atoms with Gasteiger partial charge in [0.05, 0.1) is 0 Å². The first kappa shape index (κ1) is 13.6. The van der Waals surface area contributed by atoms with E-state index in [9.17, 15) is 0 Å². The molecule has 0 aliphatic rings. The summed E-state index contributed by atoms with van der Waals surface area (Å²) in [6.07, 6.45) is 0. The Morgan fingerprint density at radius 1 is 1.05 bits per heavy atom. The molecule has 0 unspecified atom stereocenters. The van der Waals surface area contributed by atoms with Crippen molar-refractivity contribution in [1.29, 1.82) is 0 Å². The van der Waals surface area contributed by atoms with Crippen LogP contribution in [0, 0.1) is 13.8 Å². The van der Waals surface area contributed by atoms with Crippen LogP contribution in [0.5, 0.6) is 5.75 Å². The van der Waals surface area contributed by atoms with Crippen LogP contribution in [0.1, 0.15) is 35.2 Å². The van der Waals surface area contributed by atoms with Crippen molar-refractivity contribution in [2.75, 3.05) is 0 Å². The molecule has 2 aromatic carbocycles. The van der Waals surface area contributed by atoms with Crippen LogP contribution in [-0.4, -0.2) is 0 Å². The molecule has 0 bridgehead atoms. The SMILES string of the molecule is Cc1ccc(COc2cccc([C@H](C)N)c2)cc1C. The molecule has 2 aromatic rings. The van der Waals surface area contributed by atoms with E-state index in [0.717, 1.165) is 11.3 Å². The lowest BCUT2D eigenvalue weighted by Crippen LogP contribution is -2.05. The lowest BCUT2D eigenvalue weighted by molar-refractivity contribution is 0.305. The fourth-order valence-electron chi connectivity index (χ4n) is 1.95. The number of benzene rings is 2. The molecule has 0 aliphatic carbocycles. The number of hydrogen-bond donors (Lipinski definition) is 1. The highest BCUT2D eigenvalue weighted by Crippen LogP contribution is 2.19. The predicted molar refractivity (Wildman–Crippen MR) is 79.3 cm³/mol. The molecular formula is C17H21NO. The lowest BCUT2D eigenvalue weighted by Gasteiger charge is -2.11. The quantitative estimate of drug-likeness (QED) is 0.899. The molecule has 19 heavy (non-hydrogen) atoms. The van der Waals surface area contributed by atoms with Gasteiger partial charge in [-0.2, -0.15) is 0 Å². The van der Waals surface area contributed by atoms with Gasteiger partial charge in [-0.1, -0.05) is 30.3 Å². The first-order valence-electron chi connectivity index (χ1n) is 6.61. The molecule has 0 saturated heterocycles. The minimum atomic E-state index is 0.0326. The Labute approximate surface area is 115 Å². The van der Waals surface area contributed by atoms with E-state index in [2.05, 4.69) is 32.0 Å². The minimum Gasteiger partial charge on any atom is -0.489 e. The fraction of sp³-hybridized carbons (Fsp3) is 0.294. The second-order valence-electron chi connectivity index (χ2n) is 5.07. The Balaban J connectivity index is 2.05. The van der Waals surface area contributed by atoms with E-state index < -0.39 is 0 Å². The van der Waals surface area contributed by atoms with Crippen molar-refractivity contribution in [3.8, 4) is 5.75 Å². The second kappa shape index (κ2) is 5.89. The molecule has 0 aromatic heterocycles. The van der Waals surface area contributed by atoms with Crippen molar-refractivity contribution in [2.24, 2.45) is 5.73 Å². The average molecular weight is 255 g/mol. The maximum Gasteiger partial charge on any atom is 0.120 e. The van der Waals surface area contributed by atoms with E-state index in [0.29, 0.717) is 6.61 Å². The van der Waals surface area contributed by atoms with Crippen LogP contribution in [0.2, 0.25) is 0 Å². The molecule has 100 valence electrons. The maximum absolute atomic E-state index is 5.87. The summed E-state index contributed by atoms with van der Waals surface area (Å²) in [5, 5.41) is 0. The zero-order valence-corrected chi connectivity index (χ0v) is 11.8. The summed E-state index contributed by atoms with van der Waals surface area (Å²) in [6, 6.07) is 14.4. The minimum absolute atomic E-state index is 0.0326. The van der Waals surface area contributed by atoms with Crippen molar-refractivity contribution in [2.45, 2.75) is 33.4 Å². The van der Waals surface area contributed by atoms with Crippen LogP contribution in [-0.2, 0) is 6.61 Å². The van der Waals surface area contributed by atoms with Gasteiger partial charge in [-0.25, -0.2) is 0 Å². The third-order valence-electron chi connectivity index (χ3n) is 3.36. The molecule has 0 fully saturated rings. The van der Waals surface area contributed by atoms with Gasteiger partial charge < -0.3 is 10.5 Å². The topological polar surface area (TPSA) is 35.2 Å². The van der Waals surface area contributed by atoms with Crippen LogP contribution in [0.15, 0.2) is 42.5 Å². The molecule has 0 heterocycles. The average Bonchev–Trinajstić information content (AvgIpc) is 2.40. The zero-order valence-electron chi connectivity index (χ0n) is 11.8. The number of rotatable bonds is 4. The molecule has 0 amide bonds. The fourth-order valence-corrected chi connectivity index (χ4v) is 1.95. The summed E-state index contributed by atoms with van der Waals surface area (Å²) < 4.78 is 5.82. The highest BCUT2D eigenvalue weighted by Gasteiger charge is 2.02. The Morgan fingerprint density at radius 3 is 2.53 bits per heavy atom. The van der Waals surface area contributed by atoms with Gasteiger partial charge >= 0.3 is 0 Å². The summed E-state index contributed by atoms with van der Waals surface area (Å²) in [5.74, 6) is 0.869. The lowest BCUT2D eigenvalue weighted by atomic mass is 10.1. The molecule has 0 aliphatic heterocycles. The Hall–Kier alpha value is -1.80. The third-order valence-corrected chi connectivity index (χ3v) is 3.36. The van der Waals surface area contributed by atoms with E-state index in [1.165, 1.54) is 16.7 Å². The van der Waals surface area contributed by atoms with Crippen molar-refractivity contribution < 1.29 is 4.74 Å². The van der Waals surface area contributed by atoms with E-state index in [4.69, 9.17) is 10.5 Å². The zero-order chi connectivity index (χ0) is 13.8. The van der Waals surface area contributed by atoms with Crippen LogP contribution in [0.3, 0.4) is 0 Å². The van der Waals surface area contributed by atoms with Crippen molar-refractivity contribution in [1.82, 2.24) is 0 Å². The summed E-state index contributed by atoms with van der Waals surface area (Å²) >= 11 is 0. The molecular weight excluding hydrogens is 234 g/mol. The first-order chi connectivity index (χ1) is 9.06. The molecule has 0 spiro atoms. The van der Waals surface area contributed by atoms with Gasteiger partial charge in [0, 0.05) is 6.04 Å². The summed E-state index contributed by atoms with van der Waals surface area (Å²) in [7, 11) is 0. The molecule has 1 atom stereocenters. The second-order valence-corrected chi connectivity index (χ2v) is 5.07. The Bertz CT molecular complexity index is 561. The molecule has 0 saturated carbocycles. The normalized spacial score (nSPS) is 12.2. The molecule has 0 radical (unpaired) electrons. The third kappa shape index (κ3) is 3.58. The number of aryl methyl sites for hydroxylation is 2. The molecule has 2 heteroatoms. The smallest absolute Gasteiger partial charge is 0.120 e. The van der Waals surface area contributed by atoms with Gasteiger partial charge in [0.1, 0.15) is 12.4 Å². The van der Waals surface area contributed by atoms with Gasteiger partial charge in [0.2, 0.25) is 0 Å². The van der Waals surface area contributed by atoms with E-state index in [-0.39, 0.29) is 6.04 Å². The first-order valence-corrected chi connectivity index (χ1v) is 6.61. The standard InChI is InChI=1S/C17H21NO/c1-12-7-8-15(9-13(12)2)11-19-17-6-4-5-16(10-17)14(3)18/h4-10,14H,11,18H2,1-3H3/t14-/m0/s1. The Kier molecular flexibility index (Phi) is 4.23. The number of ether oxygens (including phenoxy) is 1.